The molecule has 150 valence electrons. The Morgan fingerprint density at radius 3 is 2.68 bits per heavy atom. The van der Waals surface area contributed by atoms with Crippen molar-refractivity contribution >= 4 is 23.2 Å². The van der Waals surface area contributed by atoms with Crippen molar-refractivity contribution < 1.29 is 14.3 Å². The normalized spacial score (nSPS) is 21.4. The standard InChI is InChI=1S/C18H24N6O3S/c1-22-11-19-15(21-22)17(26)23-5-3-18(4-6-23)7-13(8-27-2)24(10-18)16(25)14-9-28-12-20-14/h9,11-13H,3-8,10H2,1-2H3/t13-/m1/s1. The number of piperidine rings is 1. The van der Waals surface area contributed by atoms with Gasteiger partial charge in [-0.1, -0.05) is 0 Å². The molecule has 0 N–H and O–H groups in total. The lowest BCUT2D eigenvalue weighted by molar-refractivity contribution is 0.0544. The van der Waals surface area contributed by atoms with Gasteiger partial charge in [0.1, 0.15) is 12.0 Å². The number of methoxy groups -OCH3 is 1. The molecule has 1 spiro atoms. The number of hydrogen-bond acceptors (Lipinski definition) is 7. The maximum absolute atomic E-state index is 12.9. The Balaban J connectivity index is 1.44. The Hall–Kier alpha value is -2.33. The maximum atomic E-state index is 12.9. The van der Waals surface area contributed by atoms with Gasteiger partial charge in [-0.15, -0.1) is 16.4 Å². The Morgan fingerprint density at radius 1 is 1.29 bits per heavy atom. The zero-order valence-electron chi connectivity index (χ0n) is 16.1. The summed E-state index contributed by atoms with van der Waals surface area (Å²) in [6.07, 6.45) is 4.13. The van der Waals surface area contributed by atoms with Gasteiger partial charge in [-0.3, -0.25) is 14.3 Å². The van der Waals surface area contributed by atoms with Gasteiger partial charge in [0, 0.05) is 39.2 Å². The van der Waals surface area contributed by atoms with E-state index in [9.17, 15) is 9.59 Å². The van der Waals surface area contributed by atoms with Crippen LogP contribution in [0.5, 0.6) is 0 Å². The van der Waals surface area contributed by atoms with Gasteiger partial charge in [0.2, 0.25) is 5.82 Å². The highest BCUT2D eigenvalue weighted by Crippen LogP contribution is 2.44. The smallest absolute Gasteiger partial charge is 0.293 e. The van der Waals surface area contributed by atoms with Crippen molar-refractivity contribution in [1.82, 2.24) is 29.5 Å². The number of hydrogen-bond donors (Lipinski definition) is 0. The highest BCUT2D eigenvalue weighted by Gasteiger charge is 2.48. The average Bonchev–Trinajstić information content (AvgIpc) is 3.43. The molecule has 2 aliphatic heterocycles. The van der Waals surface area contributed by atoms with Crippen LogP contribution in [0.15, 0.2) is 17.2 Å². The number of aromatic nitrogens is 4. The molecule has 0 unspecified atom stereocenters. The lowest BCUT2D eigenvalue weighted by Crippen LogP contribution is -2.45. The SMILES string of the molecule is COC[C@H]1CC2(CCN(C(=O)c3ncn(C)n3)CC2)CN1C(=O)c1cscn1. The first-order valence-corrected chi connectivity index (χ1v) is 10.3. The summed E-state index contributed by atoms with van der Waals surface area (Å²) >= 11 is 1.42. The first-order chi connectivity index (χ1) is 13.5. The van der Waals surface area contributed by atoms with E-state index >= 15 is 0 Å². The number of thiazole rings is 1. The molecule has 1 atom stereocenters. The second-order valence-electron chi connectivity index (χ2n) is 7.65. The molecular weight excluding hydrogens is 380 g/mol. The van der Waals surface area contributed by atoms with Gasteiger partial charge < -0.3 is 14.5 Å². The number of ether oxygens (including phenoxy) is 1. The Bertz CT molecular complexity index is 843. The molecule has 9 nitrogen and oxygen atoms in total. The number of amides is 2. The summed E-state index contributed by atoms with van der Waals surface area (Å²) in [6, 6.07) is 0.0407. The highest BCUT2D eigenvalue weighted by molar-refractivity contribution is 7.07. The minimum atomic E-state index is -0.128. The molecule has 2 aromatic rings. The van der Waals surface area contributed by atoms with Crippen molar-refractivity contribution in [2.24, 2.45) is 12.5 Å². The molecule has 0 bridgehead atoms. The predicted octanol–water partition coefficient (Wildman–Crippen LogP) is 1.06. The quantitative estimate of drug-likeness (QED) is 0.756. The summed E-state index contributed by atoms with van der Waals surface area (Å²) in [4.78, 5) is 37.5. The van der Waals surface area contributed by atoms with E-state index in [1.54, 1.807) is 25.0 Å². The summed E-state index contributed by atoms with van der Waals surface area (Å²) in [5.74, 6) is 0.0797. The summed E-state index contributed by atoms with van der Waals surface area (Å²) in [6.45, 7) is 2.49. The Labute approximate surface area is 167 Å². The van der Waals surface area contributed by atoms with E-state index in [0.717, 1.165) is 19.3 Å². The molecule has 2 aromatic heterocycles. The van der Waals surface area contributed by atoms with Crippen LogP contribution < -0.4 is 0 Å². The minimum absolute atomic E-state index is 0.0171. The second-order valence-corrected chi connectivity index (χ2v) is 8.37. The van der Waals surface area contributed by atoms with Gasteiger partial charge >= 0.3 is 0 Å². The van der Waals surface area contributed by atoms with Gasteiger partial charge in [-0.2, -0.15) is 0 Å². The molecule has 2 aliphatic rings. The third-order valence-electron chi connectivity index (χ3n) is 5.79. The van der Waals surface area contributed by atoms with E-state index in [2.05, 4.69) is 15.1 Å². The first-order valence-electron chi connectivity index (χ1n) is 9.34. The first kappa shape index (κ1) is 19.0. The van der Waals surface area contributed by atoms with Gasteiger partial charge in [0.05, 0.1) is 18.2 Å². The highest BCUT2D eigenvalue weighted by atomic mass is 32.1. The molecule has 0 saturated carbocycles. The fourth-order valence-corrected chi connectivity index (χ4v) is 4.86. The van der Waals surface area contributed by atoms with Crippen LogP contribution in [0.3, 0.4) is 0 Å². The van der Waals surface area contributed by atoms with Crippen molar-refractivity contribution in [3.05, 3.63) is 28.7 Å². The number of rotatable bonds is 4. The Kier molecular flexibility index (Phi) is 5.15. The van der Waals surface area contributed by atoms with Crippen molar-refractivity contribution in [1.29, 1.82) is 0 Å². The molecule has 28 heavy (non-hydrogen) atoms. The molecule has 0 aliphatic carbocycles. The van der Waals surface area contributed by atoms with Crippen LogP contribution in [-0.2, 0) is 11.8 Å². The van der Waals surface area contributed by atoms with Gasteiger partial charge in [0.25, 0.3) is 11.8 Å². The molecule has 4 rings (SSSR count). The van der Waals surface area contributed by atoms with Crippen molar-refractivity contribution in [2.75, 3.05) is 33.4 Å². The molecule has 2 fully saturated rings. The topological polar surface area (TPSA) is 93.5 Å². The number of carbonyl (C=O) groups excluding carboxylic acids is 2. The van der Waals surface area contributed by atoms with Crippen LogP contribution in [0.1, 0.15) is 40.4 Å². The zero-order chi connectivity index (χ0) is 19.7. The van der Waals surface area contributed by atoms with Gasteiger partial charge in [-0.25, -0.2) is 9.97 Å². The summed E-state index contributed by atoms with van der Waals surface area (Å²) in [5.41, 5.74) is 2.19. The van der Waals surface area contributed by atoms with Crippen LogP contribution in [0, 0.1) is 5.41 Å². The van der Waals surface area contributed by atoms with E-state index in [0.29, 0.717) is 31.9 Å². The van der Waals surface area contributed by atoms with Gasteiger partial charge in [-0.05, 0) is 24.7 Å². The van der Waals surface area contributed by atoms with Crippen LogP contribution in [0.25, 0.3) is 0 Å². The number of carbonyl (C=O) groups is 2. The van der Waals surface area contributed by atoms with E-state index < -0.39 is 0 Å². The molecule has 10 heteroatoms. The van der Waals surface area contributed by atoms with Crippen molar-refractivity contribution in [3.63, 3.8) is 0 Å². The van der Waals surface area contributed by atoms with Crippen LogP contribution in [-0.4, -0.2) is 80.8 Å². The fourth-order valence-electron chi connectivity index (χ4n) is 4.33. The summed E-state index contributed by atoms with van der Waals surface area (Å²) in [5, 5.41) is 5.90. The third-order valence-corrected chi connectivity index (χ3v) is 6.38. The van der Waals surface area contributed by atoms with E-state index in [4.69, 9.17) is 4.74 Å². The van der Waals surface area contributed by atoms with Gasteiger partial charge in [0.15, 0.2) is 0 Å². The average molecular weight is 404 g/mol. The van der Waals surface area contributed by atoms with Crippen LogP contribution in [0.2, 0.25) is 0 Å². The largest absolute Gasteiger partial charge is 0.383 e. The van der Waals surface area contributed by atoms with Crippen molar-refractivity contribution in [3.8, 4) is 0 Å². The third kappa shape index (κ3) is 3.53. The van der Waals surface area contributed by atoms with Crippen LogP contribution in [0.4, 0.5) is 0 Å². The van der Waals surface area contributed by atoms with E-state index in [-0.39, 0.29) is 29.1 Å². The van der Waals surface area contributed by atoms with Crippen molar-refractivity contribution in [2.45, 2.75) is 25.3 Å². The molecule has 2 saturated heterocycles. The Morgan fingerprint density at radius 2 is 2.07 bits per heavy atom. The zero-order valence-corrected chi connectivity index (χ0v) is 16.9. The van der Waals surface area contributed by atoms with Crippen LogP contribution >= 0.6 is 11.3 Å². The lowest BCUT2D eigenvalue weighted by atomic mass is 9.76. The van der Waals surface area contributed by atoms with E-state index in [1.807, 2.05) is 9.80 Å². The van der Waals surface area contributed by atoms with E-state index in [1.165, 1.54) is 22.3 Å². The number of nitrogens with zero attached hydrogens (tertiary/aromatic N) is 6. The minimum Gasteiger partial charge on any atom is -0.383 e. The number of aryl methyl sites for hydroxylation is 1. The molecule has 0 radical (unpaired) electrons. The number of likely N-dealkylation sites (tertiary alicyclic amines) is 2. The monoisotopic (exact) mass is 404 g/mol. The lowest BCUT2D eigenvalue weighted by Gasteiger charge is -2.38. The maximum Gasteiger partial charge on any atom is 0.293 e. The molecule has 2 amide bonds. The summed E-state index contributed by atoms with van der Waals surface area (Å²) in [7, 11) is 3.41. The summed E-state index contributed by atoms with van der Waals surface area (Å²) < 4.78 is 6.92. The molecule has 0 aromatic carbocycles. The molecule has 4 heterocycles. The predicted molar refractivity (Wildman–Crippen MR) is 102 cm³/mol. The fraction of sp³-hybridized carbons (Fsp3) is 0.611. The second kappa shape index (κ2) is 7.59. The molecular formula is C18H24N6O3S.